The van der Waals surface area contributed by atoms with Gasteiger partial charge in [-0.15, -0.1) is 0 Å². The van der Waals surface area contributed by atoms with Crippen molar-refractivity contribution in [2.45, 2.75) is 26.8 Å². The van der Waals surface area contributed by atoms with E-state index in [0.717, 1.165) is 23.7 Å². The predicted molar refractivity (Wildman–Crippen MR) is 62.4 cm³/mol. The van der Waals surface area contributed by atoms with Crippen LogP contribution in [-0.4, -0.2) is 24.8 Å². The molecule has 0 amide bonds. The van der Waals surface area contributed by atoms with Crippen LogP contribution in [0.5, 0.6) is 5.75 Å². The maximum absolute atomic E-state index is 12.0. The summed E-state index contributed by atoms with van der Waals surface area (Å²) in [7, 11) is 0. The standard InChI is InChI=1S/C12H19FN2O/c1-3-14-9-11-12(16-8-4-7-13)6-5-10(2)15-11/h5-6,14H,3-4,7-9H2,1-2H3. The van der Waals surface area contributed by atoms with Crippen LogP contribution in [-0.2, 0) is 6.54 Å². The molecule has 1 aromatic rings. The van der Waals surface area contributed by atoms with E-state index < -0.39 is 0 Å². The fourth-order valence-corrected chi connectivity index (χ4v) is 1.34. The first-order valence-electron chi connectivity index (χ1n) is 5.64. The molecule has 0 radical (unpaired) electrons. The van der Waals surface area contributed by atoms with Gasteiger partial charge in [0.15, 0.2) is 0 Å². The predicted octanol–water partition coefficient (Wildman–Crippen LogP) is 2.24. The third kappa shape index (κ3) is 4.14. The molecule has 0 saturated heterocycles. The maximum atomic E-state index is 12.0. The van der Waals surface area contributed by atoms with Crippen LogP contribution < -0.4 is 10.1 Å². The zero-order valence-corrected chi connectivity index (χ0v) is 9.92. The smallest absolute Gasteiger partial charge is 0.142 e. The Hall–Kier alpha value is -1.16. The summed E-state index contributed by atoms with van der Waals surface area (Å²) >= 11 is 0. The van der Waals surface area contributed by atoms with Crippen molar-refractivity contribution in [1.82, 2.24) is 10.3 Å². The average molecular weight is 226 g/mol. The number of aryl methyl sites for hydroxylation is 1. The minimum Gasteiger partial charge on any atom is -0.492 e. The van der Waals surface area contributed by atoms with E-state index in [9.17, 15) is 4.39 Å². The first-order valence-corrected chi connectivity index (χ1v) is 5.64. The van der Waals surface area contributed by atoms with Crippen molar-refractivity contribution in [3.05, 3.63) is 23.5 Å². The topological polar surface area (TPSA) is 34.2 Å². The summed E-state index contributed by atoms with van der Waals surface area (Å²) < 4.78 is 17.4. The fraction of sp³-hybridized carbons (Fsp3) is 0.583. The molecule has 0 saturated carbocycles. The number of hydrogen-bond donors (Lipinski definition) is 1. The van der Waals surface area contributed by atoms with Gasteiger partial charge in [-0.3, -0.25) is 9.37 Å². The number of ether oxygens (including phenoxy) is 1. The molecular formula is C12H19FN2O. The van der Waals surface area contributed by atoms with Crippen LogP contribution in [0.25, 0.3) is 0 Å². The minimum atomic E-state index is -0.345. The third-order valence-electron chi connectivity index (χ3n) is 2.15. The second-order valence-corrected chi connectivity index (χ2v) is 3.57. The van der Waals surface area contributed by atoms with Crippen LogP contribution in [0, 0.1) is 6.92 Å². The van der Waals surface area contributed by atoms with Gasteiger partial charge in [0.05, 0.1) is 19.0 Å². The van der Waals surface area contributed by atoms with Crippen molar-refractivity contribution in [3.8, 4) is 5.75 Å². The van der Waals surface area contributed by atoms with Crippen LogP contribution in [0.1, 0.15) is 24.7 Å². The van der Waals surface area contributed by atoms with Crippen molar-refractivity contribution in [2.75, 3.05) is 19.8 Å². The van der Waals surface area contributed by atoms with Gasteiger partial charge in [-0.05, 0) is 25.6 Å². The number of aromatic nitrogens is 1. The molecule has 0 atom stereocenters. The van der Waals surface area contributed by atoms with E-state index in [-0.39, 0.29) is 6.67 Å². The average Bonchev–Trinajstić information content (AvgIpc) is 2.29. The summed E-state index contributed by atoms with van der Waals surface area (Å²) in [5, 5.41) is 3.21. The largest absolute Gasteiger partial charge is 0.492 e. The molecule has 1 rings (SSSR count). The number of halogens is 1. The quantitative estimate of drug-likeness (QED) is 0.724. The lowest BCUT2D eigenvalue weighted by Crippen LogP contribution is -2.15. The first-order chi connectivity index (χ1) is 7.77. The van der Waals surface area contributed by atoms with Crippen LogP contribution in [0.2, 0.25) is 0 Å². The number of alkyl halides is 1. The van der Waals surface area contributed by atoms with E-state index in [1.165, 1.54) is 0 Å². The Morgan fingerprint density at radius 2 is 2.25 bits per heavy atom. The number of pyridine rings is 1. The minimum absolute atomic E-state index is 0.345. The summed E-state index contributed by atoms with van der Waals surface area (Å²) in [6.07, 6.45) is 0.425. The number of nitrogens with zero attached hydrogens (tertiary/aromatic N) is 1. The lowest BCUT2D eigenvalue weighted by molar-refractivity contribution is 0.285. The number of rotatable bonds is 7. The van der Waals surface area contributed by atoms with Crippen LogP contribution >= 0.6 is 0 Å². The highest BCUT2D eigenvalue weighted by molar-refractivity contribution is 5.29. The van der Waals surface area contributed by atoms with Gasteiger partial charge in [-0.1, -0.05) is 6.92 Å². The molecule has 0 unspecified atom stereocenters. The van der Waals surface area contributed by atoms with Crippen LogP contribution in [0.3, 0.4) is 0 Å². The monoisotopic (exact) mass is 226 g/mol. The molecular weight excluding hydrogens is 207 g/mol. The van der Waals surface area contributed by atoms with Crippen molar-refractivity contribution >= 4 is 0 Å². The van der Waals surface area contributed by atoms with Gasteiger partial charge in [0, 0.05) is 18.7 Å². The first kappa shape index (κ1) is 12.9. The van der Waals surface area contributed by atoms with Gasteiger partial charge in [-0.2, -0.15) is 0 Å². The highest BCUT2D eigenvalue weighted by Crippen LogP contribution is 2.17. The lowest BCUT2D eigenvalue weighted by atomic mass is 10.3. The van der Waals surface area contributed by atoms with E-state index in [2.05, 4.69) is 10.3 Å². The summed E-state index contributed by atoms with van der Waals surface area (Å²) in [6, 6.07) is 3.80. The molecule has 16 heavy (non-hydrogen) atoms. The Balaban J connectivity index is 2.64. The molecule has 0 spiro atoms. The summed E-state index contributed by atoms with van der Waals surface area (Å²) in [5.74, 6) is 0.750. The second-order valence-electron chi connectivity index (χ2n) is 3.57. The van der Waals surface area contributed by atoms with Crippen molar-refractivity contribution < 1.29 is 9.13 Å². The van der Waals surface area contributed by atoms with Gasteiger partial charge < -0.3 is 10.1 Å². The van der Waals surface area contributed by atoms with Gasteiger partial charge in [0.1, 0.15) is 5.75 Å². The molecule has 3 nitrogen and oxygen atoms in total. The molecule has 1 aromatic heterocycles. The highest BCUT2D eigenvalue weighted by Gasteiger charge is 2.05. The van der Waals surface area contributed by atoms with Crippen LogP contribution in [0.4, 0.5) is 4.39 Å². The summed E-state index contributed by atoms with van der Waals surface area (Å²) in [6.45, 7) is 5.62. The normalized spacial score (nSPS) is 10.4. The van der Waals surface area contributed by atoms with Crippen molar-refractivity contribution in [3.63, 3.8) is 0 Å². The summed E-state index contributed by atoms with van der Waals surface area (Å²) in [5.41, 5.74) is 1.85. The number of hydrogen-bond acceptors (Lipinski definition) is 3. The Labute approximate surface area is 96.0 Å². The molecule has 90 valence electrons. The van der Waals surface area contributed by atoms with Crippen molar-refractivity contribution in [1.29, 1.82) is 0 Å². The molecule has 0 aliphatic carbocycles. The Morgan fingerprint density at radius 3 is 2.94 bits per heavy atom. The Bertz CT molecular complexity index is 318. The van der Waals surface area contributed by atoms with E-state index in [1.54, 1.807) is 0 Å². The van der Waals surface area contributed by atoms with Gasteiger partial charge >= 0.3 is 0 Å². The maximum Gasteiger partial charge on any atom is 0.142 e. The Kier molecular flexibility index (Phi) is 5.78. The molecule has 0 aromatic carbocycles. The van der Waals surface area contributed by atoms with Crippen LogP contribution in [0.15, 0.2) is 12.1 Å². The SMILES string of the molecule is CCNCc1nc(C)ccc1OCCCF. The zero-order valence-electron chi connectivity index (χ0n) is 9.92. The molecule has 1 heterocycles. The molecule has 0 bridgehead atoms. The molecule has 0 fully saturated rings. The highest BCUT2D eigenvalue weighted by atomic mass is 19.1. The zero-order chi connectivity index (χ0) is 11.8. The molecule has 0 aliphatic rings. The lowest BCUT2D eigenvalue weighted by Gasteiger charge is -2.11. The third-order valence-corrected chi connectivity index (χ3v) is 2.15. The Morgan fingerprint density at radius 1 is 1.44 bits per heavy atom. The van der Waals surface area contributed by atoms with Gasteiger partial charge in [0.2, 0.25) is 0 Å². The van der Waals surface area contributed by atoms with Gasteiger partial charge in [-0.25, -0.2) is 0 Å². The summed E-state index contributed by atoms with van der Waals surface area (Å²) in [4.78, 5) is 4.41. The second kappa shape index (κ2) is 7.17. The molecule has 4 heteroatoms. The van der Waals surface area contributed by atoms with Crippen molar-refractivity contribution in [2.24, 2.45) is 0 Å². The van der Waals surface area contributed by atoms with E-state index in [0.29, 0.717) is 19.6 Å². The van der Waals surface area contributed by atoms with E-state index >= 15 is 0 Å². The molecule has 1 N–H and O–H groups in total. The molecule has 0 aliphatic heterocycles. The van der Waals surface area contributed by atoms with E-state index in [4.69, 9.17) is 4.74 Å². The fourth-order valence-electron chi connectivity index (χ4n) is 1.34. The van der Waals surface area contributed by atoms with Gasteiger partial charge in [0.25, 0.3) is 0 Å². The van der Waals surface area contributed by atoms with E-state index in [1.807, 2.05) is 26.0 Å². The number of nitrogens with one attached hydrogen (secondary N) is 1.